The fraction of sp³-hybridized carbons (Fsp3) is 0.364. The first kappa shape index (κ1) is 11.3. The molecule has 0 saturated carbocycles. The molecule has 0 bridgehead atoms. The van der Waals surface area contributed by atoms with Crippen LogP contribution in [0.4, 0.5) is 4.79 Å². The van der Waals surface area contributed by atoms with Gasteiger partial charge < -0.3 is 10.0 Å². The Bertz CT molecular complexity index is 496. The van der Waals surface area contributed by atoms with E-state index in [1.807, 2.05) is 24.3 Å². The third-order valence-electron chi connectivity index (χ3n) is 3.09. The van der Waals surface area contributed by atoms with Crippen LogP contribution in [0.15, 0.2) is 29.4 Å². The Hall–Kier alpha value is -2.20. The second-order valence-electron chi connectivity index (χ2n) is 4.01. The van der Waals surface area contributed by atoms with E-state index in [0.29, 0.717) is 6.42 Å². The SMILES string of the molecule is CN(C(=O)O)[C@@H]1c2ccccc2C[C@H]1N=[N+]=[N-]. The van der Waals surface area contributed by atoms with Crippen LogP contribution in [-0.4, -0.2) is 29.2 Å². The van der Waals surface area contributed by atoms with Gasteiger partial charge in [0.05, 0.1) is 12.1 Å². The molecule has 1 aliphatic carbocycles. The zero-order chi connectivity index (χ0) is 12.4. The van der Waals surface area contributed by atoms with Crippen LogP contribution in [0.1, 0.15) is 17.2 Å². The predicted octanol–water partition coefficient (Wildman–Crippen LogP) is 2.57. The molecule has 6 nitrogen and oxygen atoms in total. The number of amides is 1. The molecule has 0 saturated heterocycles. The van der Waals surface area contributed by atoms with E-state index in [4.69, 9.17) is 10.6 Å². The van der Waals surface area contributed by atoms with Crippen LogP contribution in [0.25, 0.3) is 10.4 Å². The number of benzene rings is 1. The smallest absolute Gasteiger partial charge is 0.407 e. The van der Waals surface area contributed by atoms with Gasteiger partial charge in [-0.3, -0.25) is 0 Å². The summed E-state index contributed by atoms with van der Waals surface area (Å²) < 4.78 is 0. The van der Waals surface area contributed by atoms with Crippen molar-refractivity contribution in [1.82, 2.24) is 4.90 Å². The molecular weight excluding hydrogens is 220 g/mol. The van der Waals surface area contributed by atoms with Crippen molar-refractivity contribution in [1.29, 1.82) is 0 Å². The molecule has 0 aliphatic heterocycles. The predicted molar refractivity (Wildman–Crippen MR) is 61.6 cm³/mol. The zero-order valence-corrected chi connectivity index (χ0v) is 9.32. The summed E-state index contributed by atoms with van der Waals surface area (Å²) in [6.07, 6.45) is -0.437. The number of nitrogens with zero attached hydrogens (tertiary/aromatic N) is 4. The number of hydrogen-bond acceptors (Lipinski definition) is 2. The van der Waals surface area contributed by atoms with E-state index in [0.717, 1.165) is 11.1 Å². The second-order valence-corrected chi connectivity index (χ2v) is 4.01. The highest BCUT2D eigenvalue weighted by molar-refractivity contribution is 5.66. The van der Waals surface area contributed by atoms with Crippen molar-refractivity contribution in [2.75, 3.05) is 7.05 Å². The molecule has 0 aromatic heterocycles. The molecule has 1 aromatic carbocycles. The van der Waals surface area contributed by atoms with Crippen molar-refractivity contribution in [3.63, 3.8) is 0 Å². The number of carbonyl (C=O) groups is 1. The highest BCUT2D eigenvalue weighted by Gasteiger charge is 2.36. The summed E-state index contributed by atoms with van der Waals surface area (Å²) in [5.74, 6) is 0. The number of hydrogen-bond donors (Lipinski definition) is 1. The van der Waals surface area contributed by atoms with Crippen LogP contribution < -0.4 is 0 Å². The summed E-state index contributed by atoms with van der Waals surface area (Å²) >= 11 is 0. The number of carboxylic acid groups (broad SMARTS) is 1. The third-order valence-corrected chi connectivity index (χ3v) is 3.09. The first-order valence-corrected chi connectivity index (χ1v) is 5.23. The van der Waals surface area contributed by atoms with E-state index in [-0.39, 0.29) is 12.1 Å². The van der Waals surface area contributed by atoms with E-state index >= 15 is 0 Å². The Balaban J connectivity index is 2.43. The zero-order valence-electron chi connectivity index (χ0n) is 9.32. The van der Waals surface area contributed by atoms with Gasteiger partial charge in [-0.1, -0.05) is 29.4 Å². The van der Waals surface area contributed by atoms with Crippen LogP contribution in [0, 0.1) is 0 Å². The van der Waals surface area contributed by atoms with E-state index in [1.54, 1.807) is 0 Å². The summed E-state index contributed by atoms with van der Waals surface area (Å²) in [6, 6.07) is 6.82. The Labute approximate surface area is 98.1 Å². The van der Waals surface area contributed by atoms with Gasteiger partial charge in [0, 0.05) is 12.0 Å². The van der Waals surface area contributed by atoms with Crippen molar-refractivity contribution in [2.24, 2.45) is 5.11 Å². The highest BCUT2D eigenvalue weighted by Crippen LogP contribution is 2.37. The average Bonchev–Trinajstić information content (AvgIpc) is 2.66. The molecule has 0 radical (unpaired) electrons. The maximum atomic E-state index is 11.0. The van der Waals surface area contributed by atoms with Crippen LogP contribution in [0.2, 0.25) is 0 Å². The minimum Gasteiger partial charge on any atom is -0.465 e. The molecule has 1 aliphatic rings. The lowest BCUT2D eigenvalue weighted by Gasteiger charge is -2.25. The summed E-state index contributed by atoms with van der Waals surface area (Å²) in [4.78, 5) is 15.0. The van der Waals surface area contributed by atoms with Gasteiger partial charge in [0.1, 0.15) is 0 Å². The van der Waals surface area contributed by atoms with Crippen molar-refractivity contribution >= 4 is 6.09 Å². The number of azide groups is 1. The molecular formula is C11H12N4O2. The third kappa shape index (κ3) is 1.90. The van der Waals surface area contributed by atoms with Crippen molar-refractivity contribution in [3.05, 3.63) is 45.8 Å². The minimum absolute atomic E-state index is 0.363. The van der Waals surface area contributed by atoms with Crippen molar-refractivity contribution < 1.29 is 9.90 Å². The molecule has 1 N–H and O–H groups in total. The Morgan fingerprint density at radius 1 is 1.59 bits per heavy atom. The monoisotopic (exact) mass is 232 g/mol. The van der Waals surface area contributed by atoms with Gasteiger partial charge in [-0.2, -0.15) is 0 Å². The molecule has 6 heteroatoms. The molecule has 2 rings (SSSR count). The van der Waals surface area contributed by atoms with Gasteiger partial charge in [0.25, 0.3) is 0 Å². The van der Waals surface area contributed by atoms with Gasteiger partial charge >= 0.3 is 6.09 Å². The quantitative estimate of drug-likeness (QED) is 0.482. The molecule has 0 unspecified atom stereocenters. The molecule has 88 valence electrons. The number of rotatable bonds is 2. The Kier molecular flexibility index (Phi) is 2.89. The van der Waals surface area contributed by atoms with E-state index in [9.17, 15) is 4.79 Å². The lowest BCUT2D eigenvalue weighted by atomic mass is 10.1. The summed E-state index contributed by atoms with van der Waals surface area (Å²) in [6.45, 7) is 0. The van der Waals surface area contributed by atoms with Crippen LogP contribution in [0.3, 0.4) is 0 Å². The first-order valence-electron chi connectivity index (χ1n) is 5.23. The molecule has 0 spiro atoms. The van der Waals surface area contributed by atoms with Crippen LogP contribution in [-0.2, 0) is 6.42 Å². The van der Waals surface area contributed by atoms with E-state index in [2.05, 4.69) is 10.0 Å². The Morgan fingerprint density at radius 2 is 2.29 bits per heavy atom. The normalized spacial score (nSPS) is 21.5. The molecule has 1 amide bonds. The van der Waals surface area contributed by atoms with Gasteiger partial charge in [-0.05, 0) is 23.1 Å². The summed E-state index contributed by atoms with van der Waals surface area (Å²) in [5.41, 5.74) is 10.5. The average molecular weight is 232 g/mol. The molecule has 2 atom stereocenters. The lowest BCUT2D eigenvalue weighted by Crippen LogP contribution is -2.34. The standard InChI is InChI=1S/C11H12N4O2/c1-15(11(16)17)10-8-5-3-2-4-7(8)6-9(10)13-14-12/h2-5,9-10H,6H2,1H3,(H,16,17)/t9-,10-/m1/s1. The van der Waals surface area contributed by atoms with Gasteiger partial charge in [-0.25, -0.2) is 4.79 Å². The van der Waals surface area contributed by atoms with Crippen molar-refractivity contribution in [2.45, 2.75) is 18.5 Å². The minimum atomic E-state index is -1.02. The van der Waals surface area contributed by atoms with Crippen LogP contribution >= 0.6 is 0 Å². The molecule has 17 heavy (non-hydrogen) atoms. The highest BCUT2D eigenvalue weighted by atomic mass is 16.4. The number of likely N-dealkylation sites (N-methyl/N-ethyl adjacent to an activating group) is 1. The largest absolute Gasteiger partial charge is 0.465 e. The number of fused-ring (bicyclic) bond motifs is 1. The van der Waals surface area contributed by atoms with E-state index < -0.39 is 6.09 Å². The van der Waals surface area contributed by atoms with E-state index in [1.165, 1.54) is 11.9 Å². The molecule has 0 heterocycles. The van der Waals surface area contributed by atoms with Gasteiger partial charge in [0.2, 0.25) is 0 Å². The fourth-order valence-corrected chi connectivity index (χ4v) is 2.31. The molecule has 1 aromatic rings. The first-order chi connectivity index (χ1) is 8.15. The van der Waals surface area contributed by atoms with Gasteiger partial charge in [-0.15, -0.1) is 0 Å². The van der Waals surface area contributed by atoms with Crippen molar-refractivity contribution in [3.8, 4) is 0 Å². The topological polar surface area (TPSA) is 89.3 Å². The van der Waals surface area contributed by atoms with Gasteiger partial charge in [0.15, 0.2) is 0 Å². The maximum absolute atomic E-state index is 11.0. The summed E-state index contributed by atoms with van der Waals surface area (Å²) in [7, 11) is 1.50. The lowest BCUT2D eigenvalue weighted by molar-refractivity contribution is 0.134. The maximum Gasteiger partial charge on any atom is 0.407 e. The fourth-order valence-electron chi connectivity index (χ4n) is 2.31. The summed E-state index contributed by atoms with van der Waals surface area (Å²) in [5, 5.41) is 12.7. The Morgan fingerprint density at radius 3 is 2.94 bits per heavy atom. The second kappa shape index (κ2) is 4.35. The molecule has 0 fully saturated rings. The van der Waals surface area contributed by atoms with Crippen LogP contribution in [0.5, 0.6) is 0 Å².